The fourth-order valence-corrected chi connectivity index (χ4v) is 4.26. The average Bonchev–Trinajstić information content (AvgIpc) is 3.22. The predicted molar refractivity (Wildman–Crippen MR) is 121 cm³/mol. The van der Waals surface area contributed by atoms with Crippen molar-refractivity contribution < 1.29 is 14.3 Å². The maximum Gasteiger partial charge on any atom is 0.251 e. The number of nitrogens with one attached hydrogen (secondary N) is 2. The van der Waals surface area contributed by atoms with Crippen LogP contribution in [0.3, 0.4) is 0 Å². The Bertz CT molecular complexity index is 979. The summed E-state index contributed by atoms with van der Waals surface area (Å²) >= 11 is 1.61. The first-order chi connectivity index (χ1) is 15.1. The Morgan fingerprint density at radius 2 is 2.03 bits per heavy atom. The van der Waals surface area contributed by atoms with Crippen molar-refractivity contribution >= 4 is 29.3 Å². The van der Waals surface area contributed by atoms with Gasteiger partial charge in [0.2, 0.25) is 5.91 Å². The second-order valence-electron chi connectivity index (χ2n) is 7.39. The van der Waals surface area contributed by atoms with Crippen molar-refractivity contribution in [3.63, 3.8) is 0 Å². The van der Waals surface area contributed by atoms with Gasteiger partial charge in [-0.1, -0.05) is 18.2 Å². The minimum atomic E-state index is -0.339. The molecule has 2 atom stereocenters. The Morgan fingerprint density at radius 1 is 1.23 bits per heavy atom. The molecular formula is C23H26N4O3S. The molecule has 0 saturated carbocycles. The van der Waals surface area contributed by atoms with Crippen LogP contribution in [-0.4, -0.2) is 47.2 Å². The van der Waals surface area contributed by atoms with Gasteiger partial charge in [-0.2, -0.15) is 0 Å². The zero-order valence-corrected chi connectivity index (χ0v) is 18.4. The second kappa shape index (κ2) is 9.45. The molecule has 0 aliphatic carbocycles. The molecule has 7 nitrogen and oxygen atoms in total. The normalized spacial score (nSPS) is 20.0. The van der Waals surface area contributed by atoms with Crippen molar-refractivity contribution in [2.45, 2.75) is 30.3 Å². The Balaban J connectivity index is 1.36. The lowest BCUT2D eigenvalue weighted by molar-refractivity contribution is -0.137. The first-order valence-electron chi connectivity index (χ1n) is 10.3. The van der Waals surface area contributed by atoms with E-state index in [0.717, 1.165) is 21.9 Å². The molecule has 0 bridgehead atoms. The second-order valence-corrected chi connectivity index (χ2v) is 8.27. The van der Waals surface area contributed by atoms with Gasteiger partial charge in [-0.25, -0.2) is 5.43 Å². The van der Waals surface area contributed by atoms with Gasteiger partial charge in [0.05, 0.1) is 12.6 Å². The van der Waals surface area contributed by atoms with Crippen LogP contribution in [0.5, 0.6) is 5.75 Å². The fourth-order valence-electron chi connectivity index (χ4n) is 3.80. The van der Waals surface area contributed by atoms with Crippen molar-refractivity contribution in [3.8, 4) is 5.75 Å². The highest BCUT2D eigenvalue weighted by Crippen LogP contribution is 2.31. The lowest BCUT2D eigenvalue weighted by Crippen LogP contribution is -2.49. The standard InChI is InChI=1S/C23H26N4O3S/c1-3-30-18-9-7-16(8-10-18)20-14-21-23(29)26(11-12-27(21)25-20)15-22(28)24-17-5-4-6-19(13-17)31-2/h4-13,20-21,25H,3,14-15H2,1-2H3,(H,24,28). The summed E-state index contributed by atoms with van der Waals surface area (Å²) < 4.78 is 5.50. The van der Waals surface area contributed by atoms with E-state index in [9.17, 15) is 9.59 Å². The molecule has 2 aromatic carbocycles. The Morgan fingerprint density at radius 3 is 2.77 bits per heavy atom. The van der Waals surface area contributed by atoms with Gasteiger partial charge in [-0.05, 0) is 55.5 Å². The number of ether oxygens (including phenoxy) is 1. The molecule has 31 heavy (non-hydrogen) atoms. The number of benzene rings is 2. The third-order valence-electron chi connectivity index (χ3n) is 5.34. The number of hydrogen-bond donors (Lipinski definition) is 2. The highest BCUT2D eigenvalue weighted by Gasteiger charge is 2.40. The summed E-state index contributed by atoms with van der Waals surface area (Å²) in [6.07, 6.45) is 6.09. The van der Waals surface area contributed by atoms with Crippen LogP contribution in [0.25, 0.3) is 0 Å². The van der Waals surface area contributed by atoms with Crippen molar-refractivity contribution in [2.24, 2.45) is 0 Å². The van der Waals surface area contributed by atoms with E-state index in [-0.39, 0.29) is 30.4 Å². The van der Waals surface area contributed by atoms with Crippen molar-refractivity contribution in [3.05, 3.63) is 66.5 Å². The minimum absolute atomic E-state index is 0.0170. The summed E-state index contributed by atoms with van der Waals surface area (Å²) in [7, 11) is 0. The molecule has 0 spiro atoms. The van der Waals surface area contributed by atoms with Gasteiger partial charge in [0.1, 0.15) is 18.3 Å². The number of fused-ring (bicyclic) bond motifs is 1. The van der Waals surface area contributed by atoms with E-state index < -0.39 is 0 Å². The van der Waals surface area contributed by atoms with Gasteiger partial charge in [0.15, 0.2) is 0 Å². The molecule has 2 aliphatic rings. The van der Waals surface area contributed by atoms with Crippen molar-refractivity contribution in [1.29, 1.82) is 0 Å². The SMILES string of the molecule is CCOc1ccc(C2CC3C(=O)N(CC(=O)Nc4cccc(SC)c4)C=CN3N2)cc1. The van der Waals surface area contributed by atoms with E-state index in [1.807, 2.05) is 72.9 Å². The van der Waals surface area contributed by atoms with E-state index in [4.69, 9.17) is 4.74 Å². The Kier molecular flexibility index (Phi) is 6.48. The zero-order valence-electron chi connectivity index (χ0n) is 17.6. The molecule has 2 N–H and O–H groups in total. The third-order valence-corrected chi connectivity index (χ3v) is 6.06. The first kappa shape index (κ1) is 21.3. The van der Waals surface area contributed by atoms with Crippen LogP contribution in [0.4, 0.5) is 5.69 Å². The predicted octanol–water partition coefficient (Wildman–Crippen LogP) is 3.38. The molecule has 2 heterocycles. The molecule has 0 radical (unpaired) electrons. The molecule has 0 aromatic heterocycles. The van der Waals surface area contributed by atoms with Crippen LogP contribution in [0.2, 0.25) is 0 Å². The molecule has 2 unspecified atom stereocenters. The molecule has 2 amide bonds. The molecule has 8 heteroatoms. The highest BCUT2D eigenvalue weighted by molar-refractivity contribution is 7.98. The van der Waals surface area contributed by atoms with Crippen LogP contribution in [-0.2, 0) is 9.59 Å². The van der Waals surface area contributed by atoms with Crippen LogP contribution >= 0.6 is 11.8 Å². The monoisotopic (exact) mass is 438 g/mol. The van der Waals surface area contributed by atoms with Crippen LogP contribution < -0.4 is 15.5 Å². The van der Waals surface area contributed by atoms with E-state index in [2.05, 4.69) is 10.7 Å². The van der Waals surface area contributed by atoms with Gasteiger partial charge < -0.3 is 20.0 Å². The summed E-state index contributed by atoms with van der Waals surface area (Å²) in [5.41, 5.74) is 5.19. The molecule has 2 aliphatic heterocycles. The first-order valence-corrected chi connectivity index (χ1v) is 11.5. The summed E-state index contributed by atoms with van der Waals surface area (Å²) in [6, 6.07) is 15.3. The number of carbonyl (C=O) groups excluding carboxylic acids is 2. The molecule has 1 fully saturated rings. The van der Waals surface area contributed by atoms with E-state index in [1.54, 1.807) is 18.0 Å². The zero-order chi connectivity index (χ0) is 21.8. The summed E-state index contributed by atoms with van der Waals surface area (Å²) in [6.45, 7) is 2.56. The number of amides is 2. The average molecular weight is 439 g/mol. The number of hydrazine groups is 1. The maximum atomic E-state index is 13.0. The Hall–Kier alpha value is -2.97. The van der Waals surface area contributed by atoms with E-state index >= 15 is 0 Å². The lowest BCUT2D eigenvalue weighted by atomic mass is 10.0. The topological polar surface area (TPSA) is 73.9 Å². The summed E-state index contributed by atoms with van der Waals surface area (Å²) in [5.74, 6) is 0.522. The number of carbonyl (C=O) groups is 2. The number of thioether (sulfide) groups is 1. The van der Waals surface area contributed by atoms with Crippen molar-refractivity contribution in [1.82, 2.24) is 15.3 Å². The molecular weight excluding hydrogens is 412 g/mol. The van der Waals surface area contributed by atoms with E-state index in [0.29, 0.717) is 13.0 Å². The highest BCUT2D eigenvalue weighted by atomic mass is 32.2. The molecule has 1 saturated heterocycles. The molecule has 4 rings (SSSR count). The summed E-state index contributed by atoms with van der Waals surface area (Å²) in [4.78, 5) is 28.1. The Labute approximate surface area is 186 Å². The van der Waals surface area contributed by atoms with Crippen molar-refractivity contribution in [2.75, 3.05) is 24.7 Å². The summed E-state index contributed by atoms with van der Waals surface area (Å²) in [5, 5.41) is 4.71. The largest absolute Gasteiger partial charge is 0.494 e. The number of nitrogens with zero attached hydrogens (tertiary/aromatic N) is 2. The van der Waals surface area contributed by atoms with Gasteiger partial charge in [0.25, 0.3) is 5.91 Å². The van der Waals surface area contributed by atoms with Crippen LogP contribution in [0.15, 0.2) is 65.8 Å². The fraction of sp³-hybridized carbons (Fsp3) is 0.304. The maximum absolute atomic E-state index is 13.0. The van der Waals surface area contributed by atoms with Gasteiger partial charge in [-0.15, -0.1) is 11.8 Å². The lowest BCUT2D eigenvalue weighted by Gasteiger charge is -2.31. The van der Waals surface area contributed by atoms with Gasteiger partial charge in [0, 0.05) is 23.0 Å². The minimum Gasteiger partial charge on any atom is -0.494 e. The van der Waals surface area contributed by atoms with Crippen LogP contribution in [0.1, 0.15) is 24.9 Å². The van der Waals surface area contributed by atoms with Gasteiger partial charge >= 0.3 is 0 Å². The number of anilines is 1. The number of hydrogen-bond acceptors (Lipinski definition) is 6. The molecule has 2 aromatic rings. The molecule has 162 valence electrons. The third kappa shape index (κ3) is 4.86. The number of rotatable bonds is 7. The van der Waals surface area contributed by atoms with Crippen LogP contribution in [0, 0.1) is 0 Å². The quantitative estimate of drug-likeness (QED) is 0.646. The van der Waals surface area contributed by atoms with Gasteiger partial charge in [-0.3, -0.25) is 9.59 Å². The smallest absolute Gasteiger partial charge is 0.251 e. The van der Waals surface area contributed by atoms with E-state index in [1.165, 1.54) is 4.90 Å².